The van der Waals surface area contributed by atoms with E-state index in [4.69, 9.17) is 11.6 Å². The third-order valence-electron chi connectivity index (χ3n) is 4.93. The van der Waals surface area contributed by atoms with E-state index in [1.165, 1.54) is 4.90 Å². The number of hydrogen-bond donors (Lipinski definition) is 1. The minimum absolute atomic E-state index is 0.244. The first-order chi connectivity index (χ1) is 14.0. The average molecular weight is 403 g/mol. The Morgan fingerprint density at radius 3 is 2.28 bits per heavy atom. The smallest absolute Gasteiger partial charge is 0.282 e. The van der Waals surface area contributed by atoms with Gasteiger partial charge in [0.2, 0.25) is 0 Å². The van der Waals surface area contributed by atoms with Crippen LogP contribution in [0.3, 0.4) is 0 Å². The van der Waals surface area contributed by atoms with E-state index in [9.17, 15) is 9.59 Å². The van der Waals surface area contributed by atoms with Crippen molar-refractivity contribution in [2.45, 2.75) is 13.8 Å². The first-order valence-corrected chi connectivity index (χ1v) is 9.62. The minimum atomic E-state index is -0.390. The number of benzene rings is 3. The molecule has 1 N–H and O–H groups in total. The summed E-state index contributed by atoms with van der Waals surface area (Å²) in [5, 5.41) is 3.76. The first-order valence-electron chi connectivity index (χ1n) is 9.24. The molecule has 0 radical (unpaired) electrons. The van der Waals surface area contributed by atoms with Crippen molar-refractivity contribution in [1.82, 2.24) is 0 Å². The van der Waals surface area contributed by atoms with Crippen LogP contribution in [0.25, 0.3) is 5.57 Å². The number of rotatable bonds is 4. The lowest BCUT2D eigenvalue weighted by Gasteiger charge is -2.16. The van der Waals surface area contributed by atoms with Crippen LogP contribution >= 0.6 is 11.6 Å². The van der Waals surface area contributed by atoms with Gasteiger partial charge in [0.25, 0.3) is 11.8 Å². The Kier molecular flexibility index (Phi) is 4.95. The van der Waals surface area contributed by atoms with Gasteiger partial charge >= 0.3 is 0 Å². The van der Waals surface area contributed by atoms with Crippen LogP contribution in [0.4, 0.5) is 11.4 Å². The third-order valence-corrected chi connectivity index (χ3v) is 5.34. The van der Waals surface area contributed by atoms with Crippen LogP contribution in [-0.4, -0.2) is 11.8 Å². The number of nitrogens with zero attached hydrogens (tertiary/aromatic N) is 1. The lowest BCUT2D eigenvalue weighted by Crippen LogP contribution is -2.32. The standard InChI is InChI=1S/C24H19ClN2O2/c1-15-8-6-11-18(14-15)27-23(28)21(17-9-4-3-5-10-17)22(24(27)29)26-20-13-7-12-19(25)16(20)2/h3-14,26H,1-2H3. The van der Waals surface area contributed by atoms with Gasteiger partial charge in [-0.05, 0) is 54.8 Å². The molecule has 1 aliphatic rings. The molecule has 3 aromatic carbocycles. The Hall–Kier alpha value is -3.37. The van der Waals surface area contributed by atoms with Crippen molar-refractivity contribution in [3.8, 4) is 0 Å². The van der Waals surface area contributed by atoms with Crippen molar-refractivity contribution in [1.29, 1.82) is 0 Å². The van der Waals surface area contributed by atoms with E-state index < -0.39 is 0 Å². The summed E-state index contributed by atoms with van der Waals surface area (Å²) in [6, 6.07) is 22.0. The van der Waals surface area contributed by atoms with E-state index >= 15 is 0 Å². The third kappa shape index (κ3) is 3.43. The normalized spacial score (nSPS) is 14.0. The van der Waals surface area contributed by atoms with Gasteiger partial charge in [-0.15, -0.1) is 0 Å². The number of aryl methyl sites for hydroxylation is 1. The van der Waals surface area contributed by atoms with Crippen LogP contribution < -0.4 is 10.2 Å². The maximum atomic E-state index is 13.4. The summed E-state index contributed by atoms with van der Waals surface area (Å²) >= 11 is 6.24. The quantitative estimate of drug-likeness (QED) is 0.598. The van der Waals surface area contributed by atoms with Gasteiger partial charge in [0.15, 0.2) is 0 Å². The highest BCUT2D eigenvalue weighted by molar-refractivity contribution is 6.46. The molecule has 2 amide bonds. The molecule has 144 valence electrons. The number of halogens is 1. The lowest BCUT2D eigenvalue weighted by molar-refractivity contribution is -0.120. The minimum Gasteiger partial charge on any atom is -0.350 e. The van der Waals surface area contributed by atoms with E-state index in [1.807, 2.05) is 68.4 Å². The zero-order valence-electron chi connectivity index (χ0n) is 16.1. The zero-order chi connectivity index (χ0) is 20.5. The summed E-state index contributed by atoms with van der Waals surface area (Å²) in [5.74, 6) is -0.743. The summed E-state index contributed by atoms with van der Waals surface area (Å²) in [7, 11) is 0. The predicted molar refractivity (Wildman–Crippen MR) is 117 cm³/mol. The SMILES string of the molecule is Cc1cccc(N2C(=O)C(Nc3cccc(Cl)c3C)=C(c3ccccc3)C2=O)c1. The zero-order valence-corrected chi connectivity index (χ0v) is 16.8. The van der Waals surface area contributed by atoms with Crippen LogP contribution in [-0.2, 0) is 9.59 Å². The number of carbonyl (C=O) groups is 2. The molecule has 4 nitrogen and oxygen atoms in total. The van der Waals surface area contributed by atoms with Crippen molar-refractivity contribution in [3.63, 3.8) is 0 Å². The highest BCUT2D eigenvalue weighted by Gasteiger charge is 2.40. The number of carbonyl (C=O) groups excluding carboxylic acids is 2. The number of amides is 2. The summed E-state index contributed by atoms with van der Waals surface area (Å²) in [6.45, 7) is 3.79. The summed E-state index contributed by atoms with van der Waals surface area (Å²) in [5.41, 5.74) is 4.29. The summed E-state index contributed by atoms with van der Waals surface area (Å²) in [6.07, 6.45) is 0. The highest BCUT2D eigenvalue weighted by Crippen LogP contribution is 2.35. The van der Waals surface area contributed by atoms with Gasteiger partial charge in [-0.25, -0.2) is 4.90 Å². The molecular formula is C24H19ClN2O2. The molecule has 0 saturated carbocycles. The fourth-order valence-electron chi connectivity index (χ4n) is 3.40. The Morgan fingerprint density at radius 1 is 0.828 bits per heavy atom. The Bertz CT molecular complexity index is 1150. The van der Waals surface area contributed by atoms with Gasteiger partial charge in [0.1, 0.15) is 5.70 Å². The van der Waals surface area contributed by atoms with Gasteiger partial charge in [0, 0.05) is 10.7 Å². The largest absolute Gasteiger partial charge is 0.350 e. The van der Waals surface area contributed by atoms with E-state index in [-0.39, 0.29) is 17.5 Å². The van der Waals surface area contributed by atoms with Crippen molar-refractivity contribution < 1.29 is 9.59 Å². The molecule has 0 unspecified atom stereocenters. The van der Waals surface area contributed by atoms with E-state index in [0.29, 0.717) is 27.5 Å². The molecular weight excluding hydrogens is 384 g/mol. The Morgan fingerprint density at radius 2 is 1.55 bits per heavy atom. The molecule has 29 heavy (non-hydrogen) atoms. The molecule has 4 rings (SSSR count). The van der Waals surface area contributed by atoms with Gasteiger partial charge in [-0.2, -0.15) is 0 Å². The molecule has 0 bridgehead atoms. The summed E-state index contributed by atoms with van der Waals surface area (Å²) < 4.78 is 0. The van der Waals surface area contributed by atoms with Gasteiger partial charge in [-0.3, -0.25) is 9.59 Å². The number of anilines is 2. The monoisotopic (exact) mass is 402 g/mol. The molecule has 0 atom stereocenters. The molecule has 3 aromatic rings. The molecule has 0 aliphatic carbocycles. The van der Waals surface area contributed by atoms with Crippen molar-refractivity contribution >= 4 is 40.4 Å². The van der Waals surface area contributed by atoms with E-state index in [0.717, 1.165) is 11.1 Å². The number of hydrogen-bond acceptors (Lipinski definition) is 3. The van der Waals surface area contributed by atoms with Crippen LogP contribution in [0.2, 0.25) is 5.02 Å². The van der Waals surface area contributed by atoms with Crippen molar-refractivity contribution in [2.75, 3.05) is 10.2 Å². The molecule has 0 saturated heterocycles. The Labute approximate surface area is 174 Å². The Balaban J connectivity index is 1.85. The molecule has 1 heterocycles. The van der Waals surface area contributed by atoms with Gasteiger partial charge in [-0.1, -0.05) is 60.1 Å². The van der Waals surface area contributed by atoms with Crippen LogP contribution in [0.5, 0.6) is 0 Å². The predicted octanol–water partition coefficient (Wildman–Crippen LogP) is 5.35. The van der Waals surface area contributed by atoms with Gasteiger partial charge < -0.3 is 5.32 Å². The molecule has 0 spiro atoms. The maximum Gasteiger partial charge on any atom is 0.282 e. The van der Waals surface area contributed by atoms with Gasteiger partial charge in [0.05, 0.1) is 11.3 Å². The lowest BCUT2D eigenvalue weighted by atomic mass is 10.0. The second-order valence-electron chi connectivity index (χ2n) is 6.94. The fraction of sp³-hybridized carbons (Fsp3) is 0.0833. The maximum absolute atomic E-state index is 13.4. The number of nitrogens with one attached hydrogen (secondary N) is 1. The van der Waals surface area contributed by atoms with Crippen LogP contribution in [0, 0.1) is 13.8 Å². The van der Waals surface area contributed by atoms with Crippen molar-refractivity contribution in [3.05, 3.63) is 100 Å². The topological polar surface area (TPSA) is 49.4 Å². The highest BCUT2D eigenvalue weighted by atomic mass is 35.5. The fourth-order valence-corrected chi connectivity index (χ4v) is 3.57. The first kappa shape index (κ1) is 19.0. The second kappa shape index (κ2) is 7.57. The van der Waals surface area contributed by atoms with Crippen molar-refractivity contribution in [2.24, 2.45) is 0 Å². The van der Waals surface area contributed by atoms with Crippen LogP contribution in [0.15, 0.2) is 78.5 Å². The molecule has 0 aromatic heterocycles. The van der Waals surface area contributed by atoms with Crippen LogP contribution in [0.1, 0.15) is 16.7 Å². The molecule has 1 aliphatic heterocycles. The number of imide groups is 1. The second-order valence-corrected chi connectivity index (χ2v) is 7.35. The average Bonchev–Trinajstić information content (AvgIpc) is 2.96. The molecule has 5 heteroatoms. The van der Waals surface area contributed by atoms with E-state index in [2.05, 4.69) is 5.32 Å². The van der Waals surface area contributed by atoms with E-state index in [1.54, 1.807) is 18.2 Å². The molecule has 0 fully saturated rings. The summed E-state index contributed by atoms with van der Waals surface area (Å²) in [4.78, 5) is 27.9.